The van der Waals surface area contributed by atoms with Crippen LogP contribution in [0.4, 0.5) is 4.39 Å². The van der Waals surface area contributed by atoms with Crippen LogP contribution in [0.2, 0.25) is 0 Å². The molecule has 4 fully saturated rings. The van der Waals surface area contributed by atoms with E-state index in [0.29, 0.717) is 32.2 Å². The van der Waals surface area contributed by atoms with E-state index in [1.807, 2.05) is 6.92 Å². The molecule has 4 rings (SSSR count). The number of carbonyl (C=O) groups excluding carboxylic acids is 2. The minimum Gasteiger partial charge on any atom is -0.380 e. The van der Waals surface area contributed by atoms with Crippen LogP contribution in [-0.4, -0.2) is 83.6 Å². The van der Waals surface area contributed by atoms with E-state index < -0.39 is 23.8 Å². The molecular weight excluding hydrogens is 420 g/mol. The largest absolute Gasteiger partial charge is 0.380 e. The standard InChI is InChI=1S/C20H30Cl2FN3O3/c1-20(10-29-11-20)17-19(28)26(18-15(23)6-14(22)7-24-18)9-16(27)25(17)8-12-2-4-13(21)5-3-12/h12-15,17-18,24H,2-11H2,1H3. The predicted octanol–water partition coefficient (Wildman–Crippen LogP) is 2.12. The molecule has 6 nitrogen and oxygen atoms in total. The molecule has 0 aromatic carbocycles. The predicted molar refractivity (Wildman–Crippen MR) is 109 cm³/mol. The summed E-state index contributed by atoms with van der Waals surface area (Å²) < 4.78 is 20.1. The van der Waals surface area contributed by atoms with Crippen molar-refractivity contribution in [2.24, 2.45) is 11.3 Å². The molecule has 2 amide bonds. The number of piperidine rings is 1. The monoisotopic (exact) mass is 449 g/mol. The van der Waals surface area contributed by atoms with Gasteiger partial charge in [-0.3, -0.25) is 14.9 Å². The fraction of sp³-hybridized carbons (Fsp3) is 0.900. The van der Waals surface area contributed by atoms with Crippen molar-refractivity contribution in [1.29, 1.82) is 0 Å². The van der Waals surface area contributed by atoms with Crippen LogP contribution in [0, 0.1) is 11.3 Å². The SMILES string of the molecule is CC1(C2C(=O)N(C3NCC(Cl)CC3F)CC(=O)N2CC2CCC(Cl)CC2)COC1. The van der Waals surface area contributed by atoms with Crippen LogP contribution in [0.5, 0.6) is 0 Å². The molecule has 4 unspecified atom stereocenters. The fourth-order valence-electron chi connectivity index (χ4n) is 5.17. The number of piperazine rings is 1. The Hall–Kier alpha value is -0.630. The van der Waals surface area contributed by atoms with Crippen LogP contribution in [0.15, 0.2) is 0 Å². The third-order valence-electron chi connectivity index (χ3n) is 6.92. The van der Waals surface area contributed by atoms with Crippen LogP contribution in [-0.2, 0) is 14.3 Å². The summed E-state index contributed by atoms with van der Waals surface area (Å²) in [4.78, 5) is 29.9. The van der Waals surface area contributed by atoms with Gasteiger partial charge in [-0.15, -0.1) is 23.2 Å². The highest BCUT2D eigenvalue weighted by Crippen LogP contribution is 2.39. The summed E-state index contributed by atoms with van der Waals surface area (Å²) in [5.74, 6) is 0.0476. The quantitative estimate of drug-likeness (QED) is 0.667. The zero-order chi connectivity index (χ0) is 20.8. The Morgan fingerprint density at radius 2 is 1.86 bits per heavy atom. The van der Waals surface area contributed by atoms with Crippen molar-refractivity contribution in [2.45, 2.75) is 68.2 Å². The van der Waals surface area contributed by atoms with Crippen LogP contribution < -0.4 is 5.32 Å². The summed E-state index contributed by atoms with van der Waals surface area (Å²) in [5.41, 5.74) is -0.440. The number of amides is 2. The van der Waals surface area contributed by atoms with E-state index in [9.17, 15) is 14.0 Å². The van der Waals surface area contributed by atoms with Gasteiger partial charge in [0.05, 0.1) is 13.2 Å². The van der Waals surface area contributed by atoms with Crippen molar-refractivity contribution in [3.8, 4) is 0 Å². The van der Waals surface area contributed by atoms with Crippen molar-refractivity contribution >= 4 is 35.0 Å². The summed E-state index contributed by atoms with van der Waals surface area (Å²) in [6.07, 6.45) is 1.88. The summed E-state index contributed by atoms with van der Waals surface area (Å²) >= 11 is 12.3. The van der Waals surface area contributed by atoms with E-state index in [1.54, 1.807) is 4.90 Å². The number of nitrogens with zero attached hydrogens (tertiary/aromatic N) is 2. The van der Waals surface area contributed by atoms with Crippen molar-refractivity contribution in [3.63, 3.8) is 0 Å². The highest BCUT2D eigenvalue weighted by Gasteiger charge is 2.55. The van der Waals surface area contributed by atoms with Crippen LogP contribution in [0.1, 0.15) is 39.0 Å². The molecule has 29 heavy (non-hydrogen) atoms. The Kier molecular flexibility index (Phi) is 6.32. The van der Waals surface area contributed by atoms with Gasteiger partial charge in [-0.25, -0.2) is 4.39 Å². The first kappa shape index (κ1) is 21.6. The van der Waals surface area contributed by atoms with Crippen molar-refractivity contribution in [1.82, 2.24) is 15.1 Å². The minimum absolute atomic E-state index is 0.0951. The second kappa shape index (κ2) is 8.48. The van der Waals surface area contributed by atoms with Gasteiger partial charge in [0.1, 0.15) is 24.9 Å². The highest BCUT2D eigenvalue weighted by molar-refractivity contribution is 6.21. The molecule has 4 atom stereocenters. The van der Waals surface area contributed by atoms with E-state index in [2.05, 4.69) is 5.32 Å². The number of hydrogen-bond donors (Lipinski definition) is 1. The molecule has 1 N–H and O–H groups in total. The normalized spacial score (nSPS) is 40.7. The number of nitrogens with one attached hydrogen (secondary N) is 1. The molecule has 3 aliphatic heterocycles. The Balaban J connectivity index is 1.54. The number of ether oxygens (including phenoxy) is 1. The molecule has 3 saturated heterocycles. The van der Waals surface area contributed by atoms with Gasteiger partial charge in [0.25, 0.3) is 0 Å². The maximum Gasteiger partial charge on any atom is 0.247 e. The molecule has 4 aliphatic rings. The average Bonchev–Trinajstić information content (AvgIpc) is 2.65. The number of hydrogen-bond acceptors (Lipinski definition) is 4. The van der Waals surface area contributed by atoms with Gasteiger partial charge in [-0.1, -0.05) is 6.92 Å². The molecule has 1 saturated carbocycles. The zero-order valence-corrected chi connectivity index (χ0v) is 18.3. The first-order valence-electron chi connectivity index (χ1n) is 10.6. The Bertz CT molecular complexity index is 642. The van der Waals surface area contributed by atoms with Gasteiger partial charge in [0.15, 0.2) is 0 Å². The number of alkyl halides is 3. The molecule has 0 radical (unpaired) electrons. The third kappa shape index (κ3) is 4.25. The Labute approximate surface area is 181 Å². The molecule has 0 spiro atoms. The third-order valence-corrected chi connectivity index (χ3v) is 7.69. The lowest BCUT2D eigenvalue weighted by Gasteiger charge is -2.54. The van der Waals surface area contributed by atoms with E-state index >= 15 is 0 Å². The molecule has 3 heterocycles. The molecule has 164 valence electrons. The molecule has 1 aliphatic carbocycles. The lowest BCUT2D eigenvalue weighted by Crippen LogP contribution is -2.73. The zero-order valence-electron chi connectivity index (χ0n) is 16.8. The second-order valence-corrected chi connectivity index (χ2v) is 10.6. The average molecular weight is 450 g/mol. The van der Waals surface area contributed by atoms with Crippen LogP contribution >= 0.6 is 23.2 Å². The summed E-state index contributed by atoms with van der Waals surface area (Å²) in [6.45, 7) is 3.72. The molecule has 0 aromatic heterocycles. The summed E-state index contributed by atoms with van der Waals surface area (Å²) in [7, 11) is 0. The van der Waals surface area contributed by atoms with Gasteiger partial charge in [0, 0.05) is 29.3 Å². The van der Waals surface area contributed by atoms with Gasteiger partial charge >= 0.3 is 0 Å². The Morgan fingerprint density at radius 3 is 2.45 bits per heavy atom. The topological polar surface area (TPSA) is 61.9 Å². The first-order chi connectivity index (χ1) is 13.8. The number of carbonyl (C=O) groups is 2. The molecular formula is C20H30Cl2FN3O3. The fourth-order valence-corrected chi connectivity index (χ4v) is 5.68. The Morgan fingerprint density at radius 1 is 1.17 bits per heavy atom. The number of halogens is 3. The second-order valence-electron chi connectivity index (χ2n) is 9.38. The van der Waals surface area contributed by atoms with Gasteiger partial charge in [0.2, 0.25) is 11.8 Å². The van der Waals surface area contributed by atoms with E-state index in [1.165, 1.54) is 4.90 Å². The summed E-state index contributed by atoms with van der Waals surface area (Å²) in [5, 5.41) is 2.93. The lowest BCUT2D eigenvalue weighted by molar-refractivity contribution is -0.189. The van der Waals surface area contributed by atoms with Gasteiger partial charge in [-0.05, 0) is 38.0 Å². The first-order valence-corrected chi connectivity index (χ1v) is 11.5. The van der Waals surface area contributed by atoms with E-state index in [4.69, 9.17) is 27.9 Å². The minimum atomic E-state index is -1.29. The van der Waals surface area contributed by atoms with Crippen molar-refractivity contribution in [2.75, 3.05) is 32.8 Å². The maximum atomic E-state index is 14.7. The van der Waals surface area contributed by atoms with Crippen molar-refractivity contribution < 1.29 is 18.7 Å². The molecule has 0 bridgehead atoms. The van der Waals surface area contributed by atoms with E-state index in [-0.39, 0.29) is 35.5 Å². The van der Waals surface area contributed by atoms with E-state index in [0.717, 1.165) is 25.7 Å². The smallest absolute Gasteiger partial charge is 0.247 e. The lowest BCUT2D eigenvalue weighted by atomic mass is 9.76. The molecule has 9 heteroatoms. The van der Waals surface area contributed by atoms with Gasteiger partial charge in [-0.2, -0.15) is 0 Å². The highest BCUT2D eigenvalue weighted by atomic mass is 35.5. The van der Waals surface area contributed by atoms with Crippen LogP contribution in [0.25, 0.3) is 0 Å². The molecule has 0 aromatic rings. The summed E-state index contributed by atoms with van der Waals surface area (Å²) in [6, 6.07) is -0.617. The van der Waals surface area contributed by atoms with Gasteiger partial charge < -0.3 is 14.5 Å². The maximum absolute atomic E-state index is 14.7. The van der Waals surface area contributed by atoms with Crippen molar-refractivity contribution in [3.05, 3.63) is 0 Å². The number of rotatable bonds is 4. The van der Waals surface area contributed by atoms with Crippen LogP contribution in [0.3, 0.4) is 0 Å².